The third-order valence-electron chi connectivity index (χ3n) is 3.43. The first-order valence-corrected chi connectivity index (χ1v) is 6.46. The van der Waals surface area contributed by atoms with Gasteiger partial charge in [0.1, 0.15) is 6.33 Å². The zero-order chi connectivity index (χ0) is 12.0. The molecule has 0 radical (unpaired) electrons. The van der Waals surface area contributed by atoms with E-state index in [9.17, 15) is 5.11 Å². The van der Waals surface area contributed by atoms with E-state index in [1.807, 2.05) is 0 Å². The van der Waals surface area contributed by atoms with E-state index in [1.165, 1.54) is 19.2 Å². The van der Waals surface area contributed by atoms with E-state index in [4.69, 9.17) is 0 Å². The van der Waals surface area contributed by atoms with Crippen molar-refractivity contribution < 1.29 is 5.11 Å². The highest BCUT2D eigenvalue weighted by atomic mass is 16.3. The van der Waals surface area contributed by atoms with Crippen LogP contribution in [0.25, 0.3) is 0 Å². The largest absolute Gasteiger partial charge is 0.389 e. The van der Waals surface area contributed by atoms with Gasteiger partial charge in [-0.2, -0.15) is 0 Å². The van der Waals surface area contributed by atoms with Crippen LogP contribution in [0, 0.1) is 0 Å². The fraction of sp³-hybridized carbons (Fsp3) is 0.692. The molecule has 0 unspecified atom stereocenters. The van der Waals surface area contributed by atoms with Crippen LogP contribution in [0.4, 0.5) is 0 Å². The monoisotopic (exact) mass is 235 g/mol. The number of rotatable bonds is 4. The summed E-state index contributed by atoms with van der Waals surface area (Å²) < 4.78 is 0. The van der Waals surface area contributed by atoms with Gasteiger partial charge in [0, 0.05) is 31.0 Å². The molecule has 17 heavy (non-hydrogen) atoms. The van der Waals surface area contributed by atoms with E-state index >= 15 is 0 Å². The summed E-state index contributed by atoms with van der Waals surface area (Å²) in [6.45, 7) is 1.39. The highest BCUT2D eigenvalue weighted by Gasteiger charge is 2.27. The average molecular weight is 235 g/mol. The molecule has 0 amide bonds. The van der Waals surface area contributed by atoms with Gasteiger partial charge in [-0.3, -0.25) is 0 Å². The van der Waals surface area contributed by atoms with Crippen molar-refractivity contribution in [2.75, 3.05) is 6.54 Å². The van der Waals surface area contributed by atoms with Gasteiger partial charge in [0.2, 0.25) is 0 Å². The molecule has 0 aliphatic heterocycles. The Kier molecular flexibility index (Phi) is 4.45. The Balaban J connectivity index is 1.77. The molecule has 1 heterocycles. The minimum Gasteiger partial charge on any atom is -0.389 e. The Bertz CT molecular complexity index is 321. The molecule has 0 saturated heterocycles. The van der Waals surface area contributed by atoms with Gasteiger partial charge in [-0.1, -0.05) is 25.7 Å². The number of aromatic nitrogens is 2. The predicted octanol–water partition coefficient (Wildman–Crippen LogP) is 1.65. The number of hydrogen-bond acceptors (Lipinski definition) is 4. The van der Waals surface area contributed by atoms with Crippen LogP contribution >= 0.6 is 0 Å². The quantitative estimate of drug-likeness (QED) is 0.779. The topological polar surface area (TPSA) is 58.0 Å². The molecule has 94 valence electrons. The minimum absolute atomic E-state index is 0.508. The molecule has 0 bridgehead atoms. The van der Waals surface area contributed by atoms with Crippen molar-refractivity contribution in [3.63, 3.8) is 0 Å². The van der Waals surface area contributed by atoms with Gasteiger partial charge in [-0.25, -0.2) is 9.97 Å². The molecular weight excluding hydrogens is 214 g/mol. The van der Waals surface area contributed by atoms with Gasteiger partial charge in [-0.05, 0) is 12.8 Å². The minimum atomic E-state index is -0.508. The van der Waals surface area contributed by atoms with E-state index in [-0.39, 0.29) is 0 Å². The van der Waals surface area contributed by atoms with Crippen LogP contribution in [0.1, 0.15) is 44.1 Å². The molecule has 4 heteroatoms. The SMILES string of the molecule is OC1(CNCc2cncnc2)CCCCCC1. The first-order valence-electron chi connectivity index (χ1n) is 6.46. The molecule has 1 fully saturated rings. The van der Waals surface area contributed by atoms with E-state index in [0.29, 0.717) is 6.54 Å². The molecule has 4 nitrogen and oxygen atoms in total. The maximum atomic E-state index is 10.4. The van der Waals surface area contributed by atoms with E-state index < -0.39 is 5.60 Å². The van der Waals surface area contributed by atoms with Crippen LogP contribution in [0.15, 0.2) is 18.7 Å². The van der Waals surface area contributed by atoms with Crippen molar-refractivity contribution >= 4 is 0 Å². The summed E-state index contributed by atoms with van der Waals surface area (Å²) in [4.78, 5) is 7.94. The van der Waals surface area contributed by atoms with Gasteiger partial charge >= 0.3 is 0 Å². The molecule has 0 aromatic carbocycles. The van der Waals surface area contributed by atoms with Crippen LogP contribution in [0.2, 0.25) is 0 Å². The summed E-state index contributed by atoms with van der Waals surface area (Å²) in [5.74, 6) is 0. The lowest BCUT2D eigenvalue weighted by atomic mass is 9.94. The van der Waals surface area contributed by atoms with E-state index in [0.717, 1.165) is 37.8 Å². The third-order valence-corrected chi connectivity index (χ3v) is 3.43. The van der Waals surface area contributed by atoms with Crippen LogP contribution in [-0.4, -0.2) is 27.2 Å². The maximum Gasteiger partial charge on any atom is 0.115 e. The Morgan fingerprint density at radius 1 is 1.12 bits per heavy atom. The number of nitrogens with one attached hydrogen (secondary N) is 1. The third kappa shape index (κ3) is 4.06. The lowest BCUT2D eigenvalue weighted by Crippen LogP contribution is -2.39. The second kappa shape index (κ2) is 6.07. The van der Waals surface area contributed by atoms with Gasteiger partial charge < -0.3 is 10.4 Å². The molecule has 1 aliphatic rings. The van der Waals surface area contributed by atoms with Crippen molar-refractivity contribution in [1.29, 1.82) is 0 Å². The maximum absolute atomic E-state index is 10.4. The van der Waals surface area contributed by atoms with Gasteiger partial charge in [0.25, 0.3) is 0 Å². The van der Waals surface area contributed by atoms with Crippen molar-refractivity contribution in [1.82, 2.24) is 15.3 Å². The lowest BCUT2D eigenvalue weighted by molar-refractivity contribution is 0.0250. The zero-order valence-electron chi connectivity index (χ0n) is 10.2. The molecule has 0 spiro atoms. The summed E-state index contributed by atoms with van der Waals surface area (Å²) in [5, 5.41) is 13.7. The second-order valence-electron chi connectivity index (χ2n) is 4.99. The average Bonchev–Trinajstić information content (AvgIpc) is 2.56. The normalized spacial score (nSPS) is 19.8. The van der Waals surface area contributed by atoms with Crippen LogP contribution in [0.5, 0.6) is 0 Å². The summed E-state index contributed by atoms with van der Waals surface area (Å²) in [6.07, 6.45) is 11.8. The van der Waals surface area contributed by atoms with Gasteiger partial charge in [-0.15, -0.1) is 0 Å². The smallest absolute Gasteiger partial charge is 0.115 e. The molecule has 1 aromatic heterocycles. The number of aliphatic hydroxyl groups is 1. The molecule has 2 rings (SSSR count). The lowest BCUT2D eigenvalue weighted by Gasteiger charge is -2.26. The molecule has 1 aliphatic carbocycles. The first kappa shape index (κ1) is 12.5. The number of nitrogens with zero attached hydrogens (tertiary/aromatic N) is 2. The highest BCUT2D eigenvalue weighted by molar-refractivity contribution is 5.01. The van der Waals surface area contributed by atoms with Crippen LogP contribution in [0.3, 0.4) is 0 Å². The Morgan fingerprint density at radius 3 is 2.41 bits per heavy atom. The van der Waals surface area contributed by atoms with Crippen LogP contribution in [-0.2, 0) is 6.54 Å². The first-order chi connectivity index (χ1) is 8.29. The van der Waals surface area contributed by atoms with Crippen LogP contribution < -0.4 is 5.32 Å². The predicted molar refractivity (Wildman–Crippen MR) is 66.4 cm³/mol. The summed E-state index contributed by atoms with van der Waals surface area (Å²) >= 11 is 0. The molecule has 0 atom stereocenters. The van der Waals surface area contributed by atoms with Crippen molar-refractivity contribution in [2.24, 2.45) is 0 Å². The van der Waals surface area contributed by atoms with Gasteiger partial charge in [0.05, 0.1) is 5.60 Å². The molecule has 1 saturated carbocycles. The van der Waals surface area contributed by atoms with E-state index in [2.05, 4.69) is 15.3 Å². The van der Waals surface area contributed by atoms with Crippen molar-refractivity contribution in [2.45, 2.75) is 50.7 Å². The van der Waals surface area contributed by atoms with E-state index in [1.54, 1.807) is 12.4 Å². The fourth-order valence-electron chi connectivity index (χ4n) is 2.42. The Hall–Kier alpha value is -1.00. The van der Waals surface area contributed by atoms with Gasteiger partial charge in [0.15, 0.2) is 0 Å². The second-order valence-corrected chi connectivity index (χ2v) is 4.99. The molecule has 1 aromatic rings. The fourth-order valence-corrected chi connectivity index (χ4v) is 2.42. The summed E-state index contributed by atoms with van der Waals surface area (Å²) in [6, 6.07) is 0. The summed E-state index contributed by atoms with van der Waals surface area (Å²) in [5.41, 5.74) is 0.552. The zero-order valence-corrected chi connectivity index (χ0v) is 10.2. The molecular formula is C13H21N3O. The standard InChI is InChI=1S/C13H21N3O/c17-13(5-3-1-2-4-6-13)10-14-7-12-8-15-11-16-9-12/h8-9,11,14,17H,1-7,10H2. The summed E-state index contributed by atoms with van der Waals surface area (Å²) in [7, 11) is 0. The Morgan fingerprint density at radius 2 is 1.76 bits per heavy atom. The van der Waals surface area contributed by atoms with Crippen molar-refractivity contribution in [3.8, 4) is 0 Å². The number of hydrogen-bond donors (Lipinski definition) is 2. The van der Waals surface area contributed by atoms with Crippen molar-refractivity contribution in [3.05, 3.63) is 24.3 Å². The highest BCUT2D eigenvalue weighted by Crippen LogP contribution is 2.26. The molecule has 2 N–H and O–H groups in total. The Labute approximate surface area is 102 Å².